The molecule has 0 atom stereocenters. The van der Waals surface area contributed by atoms with Crippen molar-refractivity contribution in [2.75, 3.05) is 0 Å². The molecule has 4 nitrogen and oxygen atoms in total. The fraction of sp³-hybridized carbons (Fsp3) is 0.333. The first-order valence-electron chi connectivity index (χ1n) is 5.22. The number of rotatable bonds is 1. The number of hydrogen-bond acceptors (Lipinski definition) is 2. The summed E-state index contributed by atoms with van der Waals surface area (Å²) in [6.45, 7) is 5.84. The smallest absolute Gasteiger partial charge is 0.338 e. The second kappa shape index (κ2) is 3.55. The van der Waals surface area contributed by atoms with Gasteiger partial charge in [-0.25, -0.2) is 14.2 Å². The van der Waals surface area contributed by atoms with Crippen molar-refractivity contribution in [3.8, 4) is 0 Å². The second-order valence-electron chi connectivity index (χ2n) is 4.99. The molecule has 0 saturated carbocycles. The summed E-state index contributed by atoms with van der Waals surface area (Å²) >= 11 is 0. The fourth-order valence-corrected chi connectivity index (χ4v) is 1.60. The Balaban J connectivity index is 2.76. The Labute approximate surface area is 97.5 Å². The average molecular weight is 236 g/mol. The first-order valence-corrected chi connectivity index (χ1v) is 5.22. The lowest BCUT2D eigenvalue weighted by molar-refractivity contribution is 0.0698. The molecule has 0 spiro atoms. The monoisotopic (exact) mass is 236 g/mol. The Morgan fingerprint density at radius 2 is 2.06 bits per heavy atom. The van der Waals surface area contributed by atoms with E-state index in [1.54, 1.807) is 0 Å². The molecule has 1 aromatic heterocycles. The molecule has 0 bridgehead atoms. The highest BCUT2D eigenvalue weighted by atomic mass is 19.1. The van der Waals surface area contributed by atoms with Gasteiger partial charge in [-0.3, -0.25) is 0 Å². The van der Waals surface area contributed by atoms with Gasteiger partial charge in [-0.05, 0) is 12.1 Å². The molecule has 2 N–H and O–H groups in total. The number of fused-ring (bicyclic) bond motifs is 1. The van der Waals surface area contributed by atoms with Crippen molar-refractivity contribution in [2.24, 2.45) is 0 Å². The normalized spacial score (nSPS) is 12.0. The summed E-state index contributed by atoms with van der Waals surface area (Å²) in [5.74, 6) is -1.12. The van der Waals surface area contributed by atoms with Crippen molar-refractivity contribution in [3.05, 3.63) is 29.3 Å². The molecular weight excluding hydrogens is 223 g/mol. The molecule has 0 aliphatic heterocycles. The summed E-state index contributed by atoms with van der Waals surface area (Å²) in [5, 5.41) is 9.00. The number of carbonyl (C=O) groups is 1. The van der Waals surface area contributed by atoms with E-state index in [1.165, 1.54) is 6.07 Å². The molecule has 1 aromatic carbocycles. The van der Waals surface area contributed by atoms with Crippen molar-refractivity contribution in [1.82, 2.24) is 9.97 Å². The number of aromatic amines is 1. The van der Waals surface area contributed by atoms with Crippen LogP contribution in [0, 0.1) is 5.82 Å². The summed E-state index contributed by atoms with van der Waals surface area (Å²) in [5.41, 5.74) is 0.341. The summed E-state index contributed by atoms with van der Waals surface area (Å²) < 4.78 is 13.3. The van der Waals surface area contributed by atoms with Crippen molar-refractivity contribution < 1.29 is 14.3 Å². The van der Waals surface area contributed by atoms with Gasteiger partial charge in [0.05, 0.1) is 11.1 Å². The highest BCUT2D eigenvalue weighted by Crippen LogP contribution is 2.25. The summed E-state index contributed by atoms with van der Waals surface area (Å²) in [6, 6.07) is 2.24. The molecule has 0 aliphatic carbocycles. The van der Waals surface area contributed by atoms with Gasteiger partial charge in [-0.15, -0.1) is 0 Å². The van der Waals surface area contributed by atoms with Gasteiger partial charge in [0.1, 0.15) is 17.2 Å². The summed E-state index contributed by atoms with van der Waals surface area (Å²) in [6.07, 6.45) is 0. The Morgan fingerprint density at radius 1 is 1.41 bits per heavy atom. The molecule has 0 fully saturated rings. The van der Waals surface area contributed by atoms with E-state index in [-0.39, 0.29) is 11.0 Å². The quantitative estimate of drug-likeness (QED) is 0.800. The number of aromatic carboxylic acids is 1. The van der Waals surface area contributed by atoms with Gasteiger partial charge in [0, 0.05) is 5.41 Å². The average Bonchev–Trinajstić information content (AvgIpc) is 2.58. The first-order chi connectivity index (χ1) is 7.79. The molecule has 0 radical (unpaired) electrons. The number of imidazole rings is 1. The molecule has 0 unspecified atom stereocenters. The van der Waals surface area contributed by atoms with Gasteiger partial charge in [0.15, 0.2) is 0 Å². The standard InChI is InChI=1S/C12H13FN2O2/c1-12(2,3)11-14-8-5-6(13)4-7(10(16)17)9(8)15-11/h4-5H,1-3H3,(H,14,15)(H,16,17). The highest BCUT2D eigenvalue weighted by molar-refractivity contribution is 6.01. The molecule has 0 saturated heterocycles. The molecule has 0 aliphatic rings. The molecule has 2 rings (SSSR count). The largest absolute Gasteiger partial charge is 0.478 e. The van der Waals surface area contributed by atoms with E-state index in [0.29, 0.717) is 16.9 Å². The lowest BCUT2D eigenvalue weighted by Gasteiger charge is -2.13. The van der Waals surface area contributed by atoms with Gasteiger partial charge in [-0.2, -0.15) is 0 Å². The predicted molar refractivity (Wildman–Crippen MR) is 61.7 cm³/mol. The molecule has 2 aromatic rings. The molecule has 90 valence electrons. The number of benzene rings is 1. The summed E-state index contributed by atoms with van der Waals surface area (Å²) in [7, 11) is 0. The van der Waals surface area contributed by atoms with Crippen LogP contribution in [0.4, 0.5) is 4.39 Å². The van der Waals surface area contributed by atoms with Crippen LogP contribution in [0.5, 0.6) is 0 Å². The van der Waals surface area contributed by atoms with E-state index < -0.39 is 11.8 Å². The predicted octanol–water partition coefficient (Wildman–Crippen LogP) is 2.70. The van der Waals surface area contributed by atoms with E-state index in [2.05, 4.69) is 9.97 Å². The number of nitrogens with zero attached hydrogens (tertiary/aromatic N) is 1. The highest BCUT2D eigenvalue weighted by Gasteiger charge is 2.21. The maximum atomic E-state index is 13.3. The Hall–Kier alpha value is -1.91. The van der Waals surface area contributed by atoms with Crippen LogP contribution in [0.15, 0.2) is 12.1 Å². The number of halogens is 1. The number of nitrogens with one attached hydrogen (secondary N) is 1. The zero-order chi connectivity index (χ0) is 12.8. The van der Waals surface area contributed by atoms with E-state index >= 15 is 0 Å². The second-order valence-corrected chi connectivity index (χ2v) is 4.99. The topological polar surface area (TPSA) is 66.0 Å². The van der Waals surface area contributed by atoms with Crippen molar-refractivity contribution >= 4 is 17.0 Å². The van der Waals surface area contributed by atoms with Crippen LogP contribution in [-0.4, -0.2) is 21.0 Å². The van der Waals surface area contributed by atoms with E-state index in [1.807, 2.05) is 20.8 Å². The minimum Gasteiger partial charge on any atom is -0.478 e. The van der Waals surface area contributed by atoms with Crippen molar-refractivity contribution in [3.63, 3.8) is 0 Å². The lowest BCUT2D eigenvalue weighted by atomic mass is 9.96. The van der Waals surface area contributed by atoms with Crippen LogP contribution in [-0.2, 0) is 5.41 Å². The van der Waals surface area contributed by atoms with Crippen LogP contribution < -0.4 is 0 Å². The van der Waals surface area contributed by atoms with Gasteiger partial charge in [0.25, 0.3) is 0 Å². The van der Waals surface area contributed by atoms with Crippen LogP contribution >= 0.6 is 0 Å². The van der Waals surface area contributed by atoms with Crippen LogP contribution in [0.3, 0.4) is 0 Å². The first kappa shape index (κ1) is 11.6. The number of carboxylic acid groups (broad SMARTS) is 1. The third-order valence-electron chi connectivity index (χ3n) is 2.49. The maximum Gasteiger partial charge on any atom is 0.338 e. The van der Waals surface area contributed by atoms with Crippen molar-refractivity contribution in [2.45, 2.75) is 26.2 Å². The van der Waals surface area contributed by atoms with E-state index in [0.717, 1.165) is 6.07 Å². The van der Waals surface area contributed by atoms with Gasteiger partial charge in [0.2, 0.25) is 0 Å². The van der Waals surface area contributed by atoms with E-state index in [9.17, 15) is 9.18 Å². The SMILES string of the molecule is CC(C)(C)c1nc2c(C(=O)O)cc(F)cc2[nH]1. The molecule has 17 heavy (non-hydrogen) atoms. The fourth-order valence-electron chi connectivity index (χ4n) is 1.60. The molecule has 0 amide bonds. The molecule has 5 heteroatoms. The van der Waals surface area contributed by atoms with Crippen LogP contribution in [0.2, 0.25) is 0 Å². The zero-order valence-electron chi connectivity index (χ0n) is 9.84. The number of carboxylic acids is 1. The molecular formula is C12H13FN2O2. The third-order valence-corrected chi connectivity index (χ3v) is 2.49. The minimum atomic E-state index is -1.18. The van der Waals surface area contributed by atoms with Gasteiger partial charge in [-0.1, -0.05) is 20.8 Å². The number of hydrogen-bond donors (Lipinski definition) is 2. The van der Waals surface area contributed by atoms with Crippen molar-refractivity contribution in [1.29, 1.82) is 0 Å². The zero-order valence-corrected chi connectivity index (χ0v) is 9.84. The van der Waals surface area contributed by atoms with Gasteiger partial charge >= 0.3 is 5.97 Å². The van der Waals surface area contributed by atoms with E-state index in [4.69, 9.17) is 5.11 Å². The Bertz CT molecular complexity index is 596. The molecule has 1 heterocycles. The third kappa shape index (κ3) is 2.00. The minimum absolute atomic E-state index is 0.119. The van der Waals surface area contributed by atoms with Crippen LogP contribution in [0.1, 0.15) is 37.0 Å². The Kier molecular flexibility index (Phi) is 2.41. The van der Waals surface area contributed by atoms with Crippen LogP contribution in [0.25, 0.3) is 11.0 Å². The Morgan fingerprint density at radius 3 is 2.59 bits per heavy atom. The number of H-pyrrole nitrogens is 1. The maximum absolute atomic E-state index is 13.3. The lowest BCUT2D eigenvalue weighted by Crippen LogP contribution is -2.13. The van der Waals surface area contributed by atoms with Gasteiger partial charge < -0.3 is 10.1 Å². The summed E-state index contributed by atoms with van der Waals surface area (Å²) in [4.78, 5) is 18.2. The number of aromatic nitrogens is 2.